The monoisotopic (exact) mass is 274 g/mol. The van der Waals surface area contributed by atoms with Crippen molar-refractivity contribution in [3.8, 4) is 6.07 Å². The van der Waals surface area contributed by atoms with Crippen LogP contribution in [0.15, 0.2) is 18.3 Å². The van der Waals surface area contributed by atoms with Crippen molar-refractivity contribution in [3.05, 3.63) is 23.9 Å². The fourth-order valence-electron chi connectivity index (χ4n) is 2.24. The van der Waals surface area contributed by atoms with Crippen LogP contribution in [0.25, 0.3) is 0 Å². The fourth-order valence-corrected chi connectivity index (χ4v) is 2.24. The molecule has 0 saturated carbocycles. The molecule has 0 unspecified atom stereocenters. The van der Waals surface area contributed by atoms with E-state index in [1.807, 2.05) is 0 Å². The summed E-state index contributed by atoms with van der Waals surface area (Å²) in [5.74, 6) is 0.544. The van der Waals surface area contributed by atoms with Crippen LogP contribution in [0.2, 0.25) is 0 Å². The normalized spacial score (nSPS) is 15.7. The van der Waals surface area contributed by atoms with Gasteiger partial charge >= 0.3 is 5.97 Å². The van der Waals surface area contributed by atoms with Gasteiger partial charge in [0, 0.05) is 32.4 Å². The van der Waals surface area contributed by atoms with Gasteiger partial charge in [-0.15, -0.1) is 0 Å². The van der Waals surface area contributed by atoms with E-state index in [0.29, 0.717) is 18.7 Å². The Morgan fingerprint density at radius 3 is 2.85 bits per heavy atom. The van der Waals surface area contributed by atoms with Gasteiger partial charge in [0.25, 0.3) is 0 Å². The first-order valence-corrected chi connectivity index (χ1v) is 6.72. The van der Waals surface area contributed by atoms with Crippen molar-refractivity contribution in [3.63, 3.8) is 0 Å². The predicted octanol–water partition coefficient (Wildman–Crippen LogP) is 0.638. The number of piperazine rings is 1. The summed E-state index contributed by atoms with van der Waals surface area (Å²) in [6.45, 7) is 5.59. The summed E-state index contributed by atoms with van der Waals surface area (Å²) in [7, 11) is 0. The Hall–Kier alpha value is -2.13. The van der Waals surface area contributed by atoms with Gasteiger partial charge in [-0.1, -0.05) is 0 Å². The Kier molecular flexibility index (Phi) is 4.91. The molecule has 106 valence electrons. The van der Waals surface area contributed by atoms with Crippen molar-refractivity contribution < 1.29 is 9.53 Å². The zero-order valence-electron chi connectivity index (χ0n) is 11.6. The van der Waals surface area contributed by atoms with E-state index in [0.717, 1.165) is 32.0 Å². The number of nitrogens with zero attached hydrogens (tertiary/aromatic N) is 4. The molecule has 2 rings (SSSR count). The van der Waals surface area contributed by atoms with Crippen LogP contribution in [0.4, 0.5) is 5.82 Å². The van der Waals surface area contributed by atoms with Crippen LogP contribution in [-0.2, 0) is 9.53 Å². The number of carbonyl (C=O) groups is 1. The summed E-state index contributed by atoms with van der Waals surface area (Å²) < 4.78 is 4.94. The Morgan fingerprint density at radius 2 is 2.20 bits per heavy atom. The highest BCUT2D eigenvalue weighted by atomic mass is 16.5. The summed E-state index contributed by atoms with van der Waals surface area (Å²) in [4.78, 5) is 19.9. The summed E-state index contributed by atoms with van der Waals surface area (Å²) in [6.07, 6.45) is 1.70. The Morgan fingerprint density at radius 1 is 1.45 bits per heavy atom. The maximum Gasteiger partial charge on any atom is 0.320 e. The number of anilines is 1. The highest BCUT2D eigenvalue weighted by Gasteiger charge is 2.21. The number of carbonyl (C=O) groups excluding carboxylic acids is 1. The lowest BCUT2D eigenvalue weighted by molar-refractivity contribution is -0.144. The van der Waals surface area contributed by atoms with Gasteiger partial charge in [-0.25, -0.2) is 4.98 Å². The SMILES string of the molecule is CCOC(=O)CN1CCN(c2ncccc2C#N)CC1. The van der Waals surface area contributed by atoms with Crippen LogP contribution in [0.1, 0.15) is 12.5 Å². The smallest absolute Gasteiger partial charge is 0.320 e. The molecule has 6 heteroatoms. The lowest BCUT2D eigenvalue weighted by Crippen LogP contribution is -2.48. The van der Waals surface area contributed by atoms with Gasteiger partial charge in [0.15, 0.2) is 0 Å². The molecule has 0 aliphatic carbocycles. The van der Waals surface area contributed by atoms with Gasteiger partial charge in [0.05, 0.1) is 18.7 Å². The minimum absolute atomic E-state index is 0.184. The van der Waals surface area contributed by atoms with Crippen molar-refractivity contribution in [1.82, 2.24) is 9.88 Å². The molecule has 2 heterocycles. The largest absolute Gasteiger partial charge is 0.465 e. The quantitative estimate of drug-likeness (QED) is 0.750. The van der Waals surface area contributed by atoms with Gasteiger partial charge < -0.3 is 9.64 Å². The van der Waals surface area contributed by atoms with Gasteiger partial charge in [-0.3, -0.25) is 9.69 Å². The number of ether oxygens (including phenoxy) is 1. The molecule has 20 heavy (non-hydrogen) atoms. The van der Waals surface area contributed by atoms with E-state index in [1.165, 1.54) is 0 Å². The predicted molar refractivity (Wildman–Crippen MR) is 74.2 cm³/mol. The number of hydrogen-bond donors (Lipinski definition) is 0. The van der Waals surface area contributed by atoms with Crippen molar-refractivity contribution in [1.29, 1.82) is 5.26 Å². The molecular weight excluding hydrogens is 256 g/mol. The number of hydrogen-bond acceptors (Lipinski definition) is 6. The van der Waals surface area contributed by atoms with E-state index in [4.69, 9.17) is 10.00 Å². The van der Waals surface area contributed by atoms with Crippen LogP contribution in [0, 0.1) is 11.3 Å². The molecule has 1 fully saturated rings. The second kappa shape index (κ2) is 6.87. The average Bonchev–Trinajstić information content (AvgIpc) is 2.48. The molecule has 6 nitrogen and oxygen atoms in total. The van der Waals surface area contributed by atoms with Gasteiger partial charge in [-0.2, -0.15) is 5.26 Å². The lowest BCUT2D eigenvalue weighted by atomic mass is 10.2. The third-order valence-corrected chi connectivity index (χ3v) is 3.24. The highest BCUT2D eigenvalue weighted by molar-refractivity contribution is 5.71. The van der Waals surface area contributed by atoms with Gasteiger partial charge in [-0.05, 0) is 19.1 Å². The first-order chi connectivity index (χ1) is 9.74. The molecule has 1 aliphatic rings. The minimum Gasteiger partial charge on any atom is -0.465 e. The first kappa shape index (κ1) is 14.3. The molecule has 1 aromatic heterocycles. The first-order valence-electron chi connectivity index (χ1n) is 6.72. The topological polar surface area (TPSA) is 69.5 Å². The van der Waals surface area contributed by atoms with E-state index >= 15 is 0 Å². The van der Waals surface area contributed by atoms with E-state index in [1.54, 1.807) is 25.3 Å². The van der Waals surface area contributed by atoms with Crippen LogP contribution >= 0.6 is 0 Å². The molecular formula is C14H18N4O2. The molecule has 1 aromatic rings. The van der Waals surface area contributed by atoms with Crippen molar-refractivity contribution >= 4 is 11.8 Å². The van der Waals surface area contributed by atoms with E-state index in [9.17, 15) is 4.79 Å². The van der Waals surface area contributed by atoms with E-state index in [2.05, 4.69) is 20.9 Å². The molecule has 1 saturated heterocycles. The number of pyridine rings is 1. The molecule has 1 aliphatic heterocycles. The molecule has 0 spiro atoms. The van der Waals surface area contributed by atoms with Crippen LogP contribution in [-0.4, -0.2) is 55.2 Å². The van der Waals surface area contributed by atoms with E-state index < -0.39 is 0 Å². The number of nitriles is 1. The molecule has 0 radical (unpaired) electrons. The molecule has 0 bridgehead atoms. The summed E-state index contributed by atoms with van der Waals surface area (Å²) >= 11 is 0. The zero-order valence-corrected chi connectivity index (χ0v) is 11.6. The molecule has 0 atom stereocenters. The standard InChI is InChI=1S/C14H18N4O2/c1-2-20-13(19)11-17-6-8-18(9-7-17)14-12(10-15)4-3-5-16-14/h3-5H,2,6-9,11H2,1H3. The summed E-state index contributed by atoms with van der Waals surface area (Å²) in [5, 5.41) is 9.09. The molecule has 0 amide bonds. The number of rotatable bonds is 4. The summed E-state index contributed by atoms with van der Waals surface area (Å²) in [5.41, 5.74) is 0.589. The van der Waals surface area contributed by atoms with Crippen LogP contribution in [0.5, 0.6) is 0 Å². The fraction of sp³-hybridized carbons (Fsp3) is 0.500. The highest BCUT2D eigenvalue weighted by Crippen LogP contribution is 2.17. The molecule has 0 aromatic carbocycles. The lowest BCUT2D eigenvalue weighted by Gasteiger charge is -2.35. The second-order valence-corrected chi connectivity index (χ2v) is 4.55. The zero-order chi connectivity index (χ0) is 14.4. The van der Waals surface area contributed by atoms with Crippen LogP contribution in [0.3, 0.4) is 0 Å². The third kappa shape index (κ3) is 3.45. The molecule has 0 N–H and O–H groups in total. The van der Waals surface area contributed by atoms with Gasteiger partial charge in [0.2, 0.25) is 0 Å². The Bertz CT molecular complexity index is 504. The van der Waals surface area contributed by atoms with E-state index in [-0.39, 0.29) is 5.97 Å². The minimum atomic E-state index is -0.184. The average molecular weight is 274 g/mol. The van der Waals surface area contributed by atoms with Crippen molar-refractivity contribution in [2.75, 3.05) is 44.2 Å². The Balaban J connectivity index is 1.91. The van der Waals surface area contributed by atoms with Gasteiger partial charge in [0.1, 0.15) is 11.9 Å². The van der Waals surface area contributed by atoms with Crippen molar-refractivity contribution in [2.24, 2.45) is 0 Å². The maximum atomic E-state index is 11.4. The Labute approximate surface area is 118 Å². The summed E-state index contributed by atoms with van der Waals surface area (Å²) in [6, 6.07) is 5.70. The van der Waals surface area contributed by atoms with Crippen LogP contribution < -0.4 is 4.90 Å². The van der Waals surface area contributed by atoms with Crippen molar-refractivity contribution in [2.45, 2.75) is 6.92 Å². The third-order valence-electron chi connectivity index (χ3n) is 3.24. The number of esters is 1. The second-order valence-electron chi connectivity index (χ2n) is 4.55. The number of aromatic nitrogens is 1. The maximum absolute atomic E-state index is 11.4.